The Bertz CT molecular complexity index is 820. The number of benzene rings is 2. The SMILES string of the molecule is N#Cc1ccc(CN2CCN(CC(=O)Nc3c(Cl)cccc3Cl)CC2)cc1. The van der Waals surface area contributed by atoms with Crippen LogP contribution in [0.15, 0.2) is 42.5 Å². The summed E-state index contributed by atoms with van der Waals surface area (Å²) in [5, 5.41) is 12.5. The molecule has 27 heavy (non-hydrogen) atoms. The van der Waals surface area contributed by atoms with Crippen molar-refractivity contribution in [3.8, 4) is 6.07 Å². The van der Waals surface area contributed by atoms with Gasteiger partial charge >= 0.3 is 0 Å². The third-order valence-corrected chi connectivity index (χ3v) is 5.18. The molecule has 0 radical (unpaired) electrons. The maximum absolute atomic E-state index is 12.3. The number of piperazine rings is 1. The second-order valence-corrected chi connectivity index (χ2v) is 7.32. The van der Waals surface area contributed by atoms with Gasteiger partial charge < -0.3 is 5.32 Å². The fourth-order valence-corrected chi connectivity index (χ4v) is 3.54. The summed E-state index contributed by atoms with van der Waals surface area (Å²) in [6.07, 6.45) is 0. The molecule has 0 spiro atoms. The van der Waals surface area contributed by atoms with E-state index in [2.05, 4.69) is 21.2 Å². The van der Waals surface area contributed by atoms with Crippen molar-refractivity contribution in [2.75, 3.05) is 38.0 Å². The van der Waals surface area contributed by atoms with Gasteiger partial charge in [-0.2, -0.15) is 5.26 Å². The Morgan fingerprint density at radius 1 is 1.00 bits per heavy atom. The summed E-state index contributed by atoms with van der Waals surface area (Å²) >= 11 is 12.2. The summed E-state index contributed by atoms with van der Waals surface area (Å²) < 4.78 is 0. The van der Waals surface area contributed by atoms with E-state index >= 15 is 0 Å². The zero-order valence-corrected chi connectivity index (χ0v) is 16.3. The van der Waals surface area contributed by atoms with Gasteiger partial charge in [0.1, 0.15) is 0 Å². The first-order chi connectivity index (χ1) is 13.0. The van der Waals surface area contributed by atoms with Gasteiger partial charge in [-0.3, -0.25) is 14.6 Å². The number of anilines is 1. The molecule has 0 aromatic heterocycles. The van der Waals surface area contributed by atoms with E-state index in [9.17, 15) is 4.79 Å². The first-order valence-corrected chi connectivity index (χ1v) is 9.48. The molecule has 1 aliphatic heterocycles. The van der Waals surface area contributed by atoms with Gasteiger partial charge in [-0.15, -0.1) is 0 Å². The molecular formula is C20H20Cl2N4O. The minimum atomic E-state index is -0.120. The van der Waals surface area contributed by atoms with Crippen LogP contribution in [0.2, 0.25) is 10.0 Å². The van der Waals surface area contributed by atoms with Crippen LogP contribution in [-0.2, 0) is 11.3 Å². The summed E-state index contributed by atoms with van der Waals surface area (Å²) in [4.78, 5) is 16.8. The molecule has 1 fully saturated rings. The monoisotopic (exact) mass is 402 g/mol. The molecular weight excluding hydrogens is 383 g/mol. The lowest BCUT2D eigenvalue weighted by atomic mass is 10.1. The minimum Gasteiger partial charge on any atom is -0.322 e. The highest BCUT2D eigenvalue weighted by Crippen LogP contribution is 2.29. The summed E-state index contributed by atoms with van der Waals surface area (Å²) in [7, 11) is 0. The first-order valence-electron chi connectivity index (χ1n) is 8.73. The van der Waals surface area contributed by atoms with Gasteiger partial charge in [0.05, 0.1) is 33.9 Å². The molecule has 1 aliphatic rings. The fourth-order valence-electron chi connectivity index (χ4n) is 3.05. The van der Waals surface area contributed by atoms with E-state index in [1.807, 2.05) is 24.3 Å². The van der Waals surface area contributed by atoms with Crippen molar-refractivity contribution in [2.24, 2.45) is 0 Å². The van der Waals surface area contributed by atoms with Gasteiger partial charge in [0.25, 0.3) is 0 Å². The molecule has 3 rings (SSSR count). The van der Waals surface area contributed by atoms with Crippen LogP contribution in [0.25, 0.3) is 0 Å². The van der Waals surface area contributed by atoms with Crippen LogP contribution in [0.4, 0.5) is 5.69 Å². The zero-order valence-electron chi connectivity index (χ0n) is 14.8. The second kappa shape index (κ2) is 9.20. The highest BCUT2D eigenvalue weighted by molar-refractivity contribution is 6.39. The average Bonchev–Trinajstić information content (AvgIpc) is 2.67. The third-order valence-electron chi connectivity index (χ3n) is 4.55. The molecule has 1 saturated heterocycles. The summed E-state index contributed by atoms with van der Waals surface area (Å²) in [6.45, 7) is 4.58. The number of amides is 1. The molecule has 1 N–H and O–H groups in total. The largest absolute Gasteiger partial charge is 0.322 e. The van der Waals surface area contributed by atoms with Crippen LogP contribution in [0.3, 0.4) is 0 Å². The number of carbonyl (C=O) groups is 1. The number of para-hydroxylation sites is 1. The predicted molar refractivity (Wildman–Crippen MR) is 108 cm³/mol. The Morgan fingerprint density at radius 3 is 2.19 bits per heavy atom. The number of nitriles is 1. The van der Waals surface area contributed by atoms with Gasteiger partial charge in [0.15, 0.2) is 0 Å². The van der Waals surface area contributed by atoms with Crippen molar-refractivity contribution in [3.05, 3.63) is 63.6 Å². The molecule has 1 heterocycles. The predicted octanol–water partition coefficient (Wildman–Crippen LogP) is 3.62. The van der Waals surface area contributed by atoms with Crippen LogP contribution < -0.4 is 5.32 Å². The van der Waals surface area contributed by atoms with Crippen molar-refractivity contribution >= 4 is 34.8 Å². The lowest BCUT2D eigenvalue weighted by Crippen LogP contribution is -2.48. The highest BCUT2D eigenvalue weighted by Gasteiger charge is 2.20. The Morgan fingerprint density at radius 2 is 1.59 bits per heavy atom. The van der Waals surface area contributed by atoms with Gasteiger partial charge in [0, 0.05) is 32.7 Å². The van der Waals surface area contributed by atoms with Crippen LogP contribution >= 0.6 is 23.2 Å². The molecule has 7 heteroatoms. The molecule has 0 unspecified atom stereocenters. The number of nitrogens with one attached hydrogen (secondary N) is 1. The summed E-state index contributed by atoms with van der Waals surface area (Å²) in [6, 6.07) is 14.9. The van der Waals surface area contributed by atoms with Crippen molar-refractivity contribution < 1.29 is 4.79 Å². The van der Waals surface area contributed by atoms with Crippen LogP contribution in [-0.4, -0.2) is 48.4 Å². The van der Waals surface area contributed by atoms with Crippen molar-refractivity contribution in [1.82, 2.24) is 9.80 Å². The standard InChI is InChI=1S/C20H20Cl2N4O/c21-17-2-1-3-18(22)20(17)24-19(27)14-26-10-8-25(9-11-26)13-16-6-4-15(12-23)5-7-16/h1-7H,8-11,13-14H2,(H,24,27). The van der Waals surface area contributed by atoms with Gasteiger partial charge in [-0.05, 0) is 29.8 Å². The zero-order chi connectivity index (χ0) is 19.2. The van der Waals surface area contributed by atoms with Crippen LogP contribution in [0.5, 0.6) is 0 Å². The van der Waals surface area contributed by atoms with E-state index in [1.165, 1.54) is 5.56 Å². The number of rotatable bonds is 5. The maximum atomic E-state index is 12.3. The number of hydrogen-bond donors (Lipinski definition) is 1. The lowest BCUT2D eigenvalue weighted by Gasteiger charge is -2.34. The topological polar surface area (TPSA) is 59.4 Å². The molecule has 0 bridgehead atoms. The third kappa shape index (κ3) is 5.44. The fraction of sp³-hybridized carbons (Fsp3) is 0.300. The molecule has 0 saturated carbocycles. The summed E-state index contributed by atoms with van der Waals surface area (Å²) in [5.74, 6) is -0.120. The first kappa shape index (κ1) is 19.7. The maximum Gasteiger partial charge on any atom is 0.238 e. The van der Waals surface area contributed by atoms with E-state index in [1.54, 1.807) is 18.2 Å². The van der Waals surface area contributed by atoms with E-state index < -0.39 is 0 Å². The van der Waals surface area contributed by atoms with Crippen LogP contribution in [0.1, 0.15) is 11.1 Å². The molecule has 2 aromatic carbocycles. The van der Waals surface area contributed by atoms with Crippen molar-refractivity contribution in [2.45, 2.75) is 6.54 Å². The molecule has 5 nitrogen and oxygen atoms in total. The van der Waals surface area contributed by atoms with Crippen molar-refractivity contribution in [1.29, 1.82) is 5.26 Å². The number of nitrogens with zero attached hydrogens (tertiary/aromatic N) is 3. The average molecular weight is 403 g/mol. The van der Waals surface area contributed by atoms with Crippen molar-refractivity contribution in [3.63, 3.8) is 0 Å². The Kier molecular flexibility index (Phi) is 6.70. The van der Waals surface area contributed by atoms with Crippen LogP contribution in [0, 0.1) is 11.3 Å². The minimum absolute atomic E-state index is 0.120. The molecule has 0 atom stereocenters. The number of carbonyl (C=O) groups excluding carboxylic acids is 1. The smallest absolute Gasteiger partial charge is 0.238 e. The van der Waals surface area contributed by atoms with E-state index in [0.29, 0.717) is 27.8 Å². The molecule has 140 valence electrons. The van der Waals surface area contributed by atoms with Gasteiger partial charge in [-0.1, -0.05) is 41.4 Å². The van der Waals surface area contributed by atoms with E-state index in [4.69, 9.17) is 28.5 Å². The highest BCUT2D eigenvalue weighted by atomic mass is 35.5. The number of halogens is 2. The molecule has 1 amide bonds. The second-order valence-electron chi connectivity index (χ2n) is 6.51. The Labute approximate surface area is 169 Å². The Hall–Kier alpha value is -2.10. The quantitative estimate of drug-likeness (QED) is 0.829. The van der Waals surface area contributed by atoms with E-state index in [0.717, 1.165) is 32.7 Å². The molecule has 2 aromatic rings. The van der Waals surface area contributed by atoms with E-state index in [-0.39, 0.29) is 5.91 Å². The Balaban J connectivity index is 1.46. The molecule has 0 aliphatic carbocycles. The van der Waals surface area contributed by atoms with Gasteiger partial charge in [0.2, 0.25) is 5.91 Å². The summed E-state index contributed by atoms with van der Waals surface area (Å²) in [5.41, 5.74) is 2.33. The normalized spacial score (nSPS) is 15.3. The lowest BCUT2D eigenvalue weighted by molar-refractivity contribution is -0.117. The van der Waals surface area contributed by atoms with Gasteiger partial charge in [-0.25, -0.2) is 0 Å². The number of hydrogen-bond acceptors (Lipinski definition) is 4.